The molecule has 1 aromatic rings. The fourth-order valence-electron chi connectivity index (χ4n) is 2.74. The van der Waals surface area contributed by atoms with Gasteiger partial charge in [0.15, 0.2) is 0 Å². The molecular formula is C20H26N2O6. The number of nitrogens with one attached hydrogen (secondary N) is 1. The van der Waals surface area contributed by atoms with Crippen LogP contribution in [-0.2, 0) is 30.5 Å². The van der Waals surface area contributed by atoms with Crippen molar-refractivity contribution in [2.24, 2.45) is 0 Å². The first kappa shape index (κ1) is 21.4. The number of amides is 3. The lowest BCUT2D eigenvalue weighted by atomic mass is 10.0. The van der Waals surface area contributed by atoms with Crippen LogP contribution < -0.4 is 5.32 Å². The Morgan fingerprint density at radius 3 is 2.46 bits per heavy atom. The zero-order chi connectivity index (χ0) is 20.9. The Labute approximate surface area is 164 Å². The number of ether oxygens (including phenoxy) is 2. The first-order valence-electron chi connectivity index (χ1n) is 9.14. The molecule has 2 rings (SSSR count). The van der Waals surface area contributed by atoms with E-state index in [1.54, 1.807) is 20.8 Å². The van der Waals surface area contributed by atoms with Crippen molar-refractivity contribution < 1.29 is 28.7 Å². The van der Waals surface area contributed by atoms with E-state index in [0.717, 1.165) is 10.5 Å². The van der Waals surface area contributed by atoms with Crippen LogP contribution in [0.2, 0.25) is 0 Å². The SMILES string of the molecule is C[C@H](C(=O)OC(C)(C)C)N1C(=O)CC[C@H](NC(=O)OCc2ccccc2)C1=O. The number of piperidine rings is 1. The maximum atomic E-state index is 12.7. The third kappa shape index (κ3) is 5.80. The molecule has 1 N–H and O–H groups in total. The Bertz CT molecular complexity index is 741. The van der Waals surface area contributed by atoms with Gasteiger partial charge in [0.25, 0.3) is 5.91 Å². The van der Waals surface area contributed by atoms with Crippen molar-refractivity contribution in [2.75, 3.05) is 0 Å². The monoisotopic (exact) mass is 390 g/mol. The molecule has 0 unspecified atom stereocenters. The second-order valence-electron chi connectivity index (χ2n) is 7.61. The lowest BCUT2D eigenvalue weighted by Crippen LogP contribution is -2.59. The first-order chi connectivity index (χ1) is 13.1. The van der Waals surface area contributed by atoms with Gasteiger partial charge in [-0.05, 0) is 39.7 Å². The summed E-state index contributed by atoms with van der Waals surface area (Å²) in [5.74, 6) is -1.80. The van der Waals surface area contributed by atoms with Gasteiger partial charge in [-0.2, -0.15) is 0 Å². The molecule has 0 spiro atoms. The van der Waals surface area contributed by atoms with Crippen LogP contribution in [0, 0.1) is 0 Å². The van der Waals surface area contributed by atoms with E-state index in [1.165, 1.54) is 6.92 Å². The van der Waals surface area contributed by atoms with Crippen LogP contribution >= 0.6 is 0 Å². The Kier molecular flexibility index (Phi) is 6.77. The molecule has 0 aliphatic carbocycles. The molecule has 1 aliphatic rings. The smallest absolute Gasteiger partial charge is 0.408 e. The largest absolute Gasteiger partial charge is 0.458 e. The highest BCUT2D eigenvalue weighted by molar-refractivity contribution is 6.04. The summed E-state index contributed by atoms with van der Waals surface area (Å²) in [7, 11) is 0. The standard InChI is InChI=1S/C20H26N2O6/c1-13(18(25)28-20(2,3)4)22-16(23)11-10-15(17(22)24)21-19(26)27-12-14-8-6-5-7-9-14/h5-9,13,15H,10-12H2,1-4H3,(H,21,26)/t13-,15+/m1/s1. The molecule has 0 radical (unpaired) electrons. The van der Waals surface area contributed by atoms with Crippen LogP contribution in [0.5, 0.6) is 0 Å². The quantitative estimate of drug-likeness (QED) is 0.611. The highest BCUT2D eigenvalue weighted by Gasteiger charge is 2.41. The summed E-state index contributed by atoms with van der Waals surface area (Å²) in [5, 5.41) is 2.47. The molecule has 8 heteroatoms. The third-order valence-corrected chi connectivity index (χ3v) is 4.09. The number of carbonyl (C=O) groups excluding carboxylic acids is 4. The average molecular weight is 390 g/mol. The average Bonchev–Trinajstić information content (AvgIpc) is 2.62. The van der Waals surface area contributed by atoms with Crippen molar-refractivity contribution in [2.45, 2.75) is 64.8 Å². The number of rotatable bonds is 5. The van der Waals surface area contributed by atoms with Crippen molar-refractivity contribution in [3.8, 4) is 0 Å². The minimum atomic E-state index is -1.08. The number of nitrogens with zero attached hydrogens (tertiary/aromatic N) is 1. The van der Waals surface area contributed by atoms with E-state index in [9.17, 15) is 19.2 Å². The molecule has 28 heavy (non-hydrogen) atoms. The zero-order valence-corrected chi connectivity index (χ0v) is 16.6. The van der Waals surface area contributed by atoms with Crippen LogP contribution in [0.15, 0.2) is 30.3 Å². The molecule has 0 bridgehead atoms. The maximum Gasteiger partial charge on any atom is 0.408 e. The van der Waals surface area contributed by atoms with E-state index in [1.807, 2.05) is 30.3 Å². The summed E-state index contributed by atoms with van der Waals surface area (Å²) in [4.78, 5) is 50.0. The summed E-state index contributed by atoms with van der Waals surface area (Å²) in [6, 6.07) is 7.09. The molecule has 3 amide bonds. The number of hydrogen-bond acceptors (Lipinski definition) is 6. The van der Waals surface area contributed by atoms with Gasteiger partial charge < -0.3 is 14.8 Å². The summed E-state index contributed by atoms with van der Waals surface area (Å²) in [6.07, 6.45) is -0.584. The van der Waals surface area contributed by atoms with Crippen LogP contribution in [-0.4, -0.2) is 46.5 Å². The third-order valence-electron chi connectivity index (χ3n) is 4.09. The fourth-order valence-corrected chi connectivity index (χ4v) is 2.74. The van der Waals surface area contributed by atoms with Gasteiger partial charge in [0.1, 0.15) is 24.3 Å². The number of hydrogen-bond donors (Lipinski definition) is 1. The highest BCUT2D eigenvalue weighted by atomic mass is 16.6. The Morgan fingerprint density at radius 1 is 1.21 bits per heavy atom. The van der Waals surface area contributed by atoms with Crippen LogP contribution in [0.1, 0.15) is 46.1 Å². The molecule has 1 fully saturated rings. The number of likely N-dealkylation sites (tertiary alicyclic amines) is 1. The lowest BCUT2D eigenvalue weighted by Gasteiger charge is -2.34. The molecule has 8 nitrogen and oxygen atoms in total. The van der Waals surface area contributed by atoms with E-state index < -0.39 is 41.6 Å². The van der Waals surface area contributed by atoms with Crippen molar-refractivity contribution in [3.63, 3.8) is 0 Å². The fraction of sp³-hybridized carbons (Fsp3) is 0.500. The molecule has 2 atom stereocenters. The summed E-state index contributed by atoms with van der Waals surface area (Å²) >= 11 is 0. The molecule has 1 aliphatic heterocycles. The van der Waals surface area contributed by atoms with E-state index >= 15 is 0 Å². The van der Waals surface area contributed by atoms with Gasteiger partial charge in [-0.1, -0.05) is 30.3 Å². The Hall–Kier alpha value is -2.90. The predicted molar refractivity (Wildman–Crippen MR) is 99.9 cm³/mol. The van der Waals surface area contributed by atoms with Gasteiger partial charge >= 0.3 is 12.1 Å². The number of alkyl carbamates (subject to hydrolysis) is 1. The number of benzene rings is 1. The molecule has 1 aromatic carbocycles. The molecule has 1 heterocycles. The zero-order valence-electron chi connectivity index (χ0n) is 16.6. The second kappa shape index (κ2) is 8.86. The minimum Gasteiger partial charge on any atom is -0.458 e. The number of carbonyl (C=O) groups is 4. The summed E-state index contributed by atoms with van der Waals surface area (Å²) in [5.41, 5.74) is 0.0644. The highest BCUT2D eigenvalue weighted by Crippen LogP contribution is 2.19. The van der Waals surface area contributed by atoms with Gasteiger partial charge in [0.05, 0.1) is 0 Å². The maximum absolute atomic E-state index is 12.7. The summed E-state index contributed by atoms with van der Waals surface area (Å²) in [6.45, 7) is 6.59. The Morgan fingerprint density at radius 2 is 1.86 bits per heavy atom. The van der Waals surface area contributed by atoms with Gasteiger partial charge in [-0.3, -0.25) is 14.5 Å². The van der Waals surface area contributed by atoms with E-state index in [2.05, 4.69) is 5.32 Å². The topological polar surface area (TPSA) is 102 Å². The molecule has 152 valence electrons. The van der Waals surface area contributed by atoms with Crippen molar-refractivity contribution in [1.29, 1.82) is 0 Å². The predicted octanol–water partition coefficient (Wildman–Crippen LogP) is 2.16. The lowest BCUT2D eigenvalue weighted by molar-refractivity contribution is -0.170. The molecular weight excluding hydrogens is 364 g/mol. The molecule has 1 saturated heterocycles. The van der Waals surface area contributed by atoms with E-state index in [-0.39, 0.29) is 19.4 Å². The van der Waals surface area contributed by atoms with Crippen LogP contribution in [0.25, 0.3) is 0 Å². The van der Waals surface area contributed by atoms with Crippen molar-refractivity contribution >= 4 is 23.9 Å². The van der Waals surface area contributed by atoms with Gasteiger partial charge in [0.2, 0.25) is 5.91 Å². The number of imide groups is 1. The second-order valence-corrected chi connectivity index (χ2v) is 7.61. The van der Waals surface area contributed by atoms with Crippen molar-refractivity contribution in [3.05, 3.63) is 35.9 Å². The molecule has 0 aromatic heterocycles. The van der Waals surface area contributed by atoms with Gasteiger partial charge in [-0.15, -0.1) is 0 Å². The van der Waals surface area contributed by atoms with Crippen LogP contribution in [0.4, 0.5) is 4.79 Å². The minimum absolute atomic E-state index is 0.0303. The van der Waals surface area contributed by atoms with Gasteiger partial charge in [0, 0.05) is 6.42 Å². The summed E-state index contributed by atoms with van der Waals surface area (Å²) < 4.78 is 10.4. The van der Waals surface area contributed by atoms with Crippen LogP contribution in [0.3, 0.4) is 0 Å². The molecule has 0 saturated carbocycles. The van der Waals surface area contributed by atoms with E-state index in [4.69, 9.17) is 9.47 Å². The normalized spacial score (nSPS) is 18.4. The van der Waals surface area contributed by atoms with Gasteiger partial charge in [-0.25, -0.2) is 9.59 Å². The number of esters is 1. The van der Waals surface area contributed by atoms with E-state index in [0.29, 0.717) is 0 Å². The Balaban J connectivity index is 1.97. The first-order valence-corrected chi connectivity index (χ1v) is 9.14. The van der Waals surface area contributed by atoms with Crippen molar-refractivity contribution in [1.82, 2.24) is 10.2 Å².